The van der Waals surface area contributed by atoms with Crippen molar-refractivity contribution < 1.29 is 4.74 Å². The van der Waals surface area contributed by atoms with Crippen molar-refractivity contribution in [3.8, 4) is 11.9 Å². The molecule has 0 aliphatic heterocycles. The Labute approximate surface area is 112 Å². The Bertz CT molecular complexity index is 555. The summed E-state index contributed by atoms with van der Waals surface area (Å²) in [5.41, 5.74) is 2.94. The first-order valence-corrected chi connectivity index (χ1v) is 6.00. The van der Waals surface area contributed by atoms with Gasteiger partial charge < -0.3 is 10.1 Å². The van der Waals surface area contributed by atoms with Gasteiger partial charge in [0.25, 0.3) is 0 Å². The molecule has 4 nitrogen and oxygen atoms in total. The fraction of sp³-hybridized carbons (Fsp3) is 0.200. The maximum Gasteiger partial charge on any atom is 0.212 e. The molecule has 0 fully saturated rings. The fourth-order valence-corrected chi connectivity index (χ4v) is 1.68. The molecule has 0 atom stereocenters. The van der Waals surface area contributed by atoms with E-state index in [1.54, 1.807) is 13.3 Å². The van der Waals surface area contributed by atoms with Gasteiger partial charge in [0.2, 0.25) is 5.88 Å². The molecular weight excluding hydrogens is 238 g/mol. The van der Waals surface area contributed by atoms with Gasteiger partial charge in [-0.25, -0.2) is 4.98 Å². The van der Waals surface area contributed by atoms with Gasteiger partial charge in [0.15, 0.2) is 0 Å². The van der Waals surface area contributed by atoms with Crippen LogP contribution in [0.15, 0.2) is 42.6 Å². The number of hydrogen-bond donors (Lipinski definition) is 1. The summed E-state index contributed by atoms with van der Waals surface area (Å²) in [6.07, 6.45) is 1.80. The highest BCUT2D eigenvalue weighted by Gasteiger charge is 1.97. The summed E-state index contributed by atoms with van der Waals surface area (Å²) in [7, 11) is 1.60. The molecule has 0 bridgehead atoms. The molecule has 19 heavy (non-hydrogen) atoms. The molecule has 0 saturated heterocycles. The van der Waals surface area contributed by atoms with Gasteiger partial charge in [-0.2, -0.15) is 5.26 Å². The van der Waals surface area contributed by atoms with E-state index in [2.05, 4.69) is 16.4 Å². The first kappa shape index (κ1) is 13.1. The van der Waals surface area contributed by atoms with E-state index in [9.17, 15) is 0 Å². The third kappa shape index (κ3) is 3.80. The predicted molar refractivity (Wildman–Crippen MR) is 72.5 cm³/mol. The second-order valence-corrected chi connectivity index (χ2v) is 4.12. The average molecular weight is 253 g/mol. The minimum Gasteiger partial charge on any atom is -0.481 e. The fourth-order valence-electron chi connectivity index (χ4n) is 1.68. The van der Waals surface area contributed by atoms with Gasteiger partial charge in [0, 0.05) is 25.4 Å². The molecular formula is C15H15N3O. The van der Waals surface area contributed by atoms with Crippen LogP contribution >= 0.6 is 0 Å². The van der Waals surface area contributed by atoms with Crippen LogP contribution in [0.3, 0.4) is 0 Å². The number of benzene rings is 1. The summed E-state index contributed by atoms with van der Waals surface area (Å²) in [6, 6.07) is 13.5. The Balaban J connectivity index is 1.83. The molecule has 0 spiro atoms. The number of ether oxygens (including phenoxy) is 1. The topological polar surface area (TPSA) is 57.9 Å². The lowest BCUT2D eigenvalue weighted by atomic mass is 10.1. The lowest BCUT2D eigenvalue weighted by molar-refractivity contribution is 0.397. The highest BCUT2D eigenvalue weighted by Crippen LogP contribution is 2.07. The summed E-state index contributed by atoms with van der Waals surface area (Å²) < 4.78 is 5.01. The quantitative estimate of drug-likeness (QED) is 0.888. The van der Waals surface area contributed by atoms with E-state index in [1.165, 1.54) is 0 Å². The SMILES string of the molecule is COc1ccc(CNCc2ccc(C#N)cc2)cn1. The van der Waals surface area contributed by atoms with Gasteiger partial charge >= 0.3 is 0 Å². The van der Waals surface area contributed by atoms with Crippen molar-refractivity contribution in [3.63, 3.8) is 0 Å². The standard InChI is InChI=1S/C15H15N3O/c1-19-15-7-6-14(11-18-15)10-17-9-13-4-2-12(8-16)3-5-13/h2-7,11,17H,9-10H2,1H3. The summed E-state index contributed by atoms with van der Waals surface area (Å²) in [5, 5.41) is 12.0. The Hall–Kier alpha value is -2.38. The van der Waals surface area contributed by atoms with Crippen LogP contribution in [0.1, 0.15) is 16.7 Å². The highest BCUT2D eigenvalue weighted by molar-refractivity contribution is 5.31. The van der Waals surface area contributed by atoms with Gasteiger partial charge in [-0.1, -0.05) is 18.2 Å². The van der Waals surface area contributed by atoms with E-state index in [0.717, 1.165) is 24.2 Å². The van der Waals surface area contributed by atoms with Gasteiger partial charge in [-0.3, -0.25) is 0 Å². The predicted octanol–water partition coefficient (Wildman–Crippen LogP) is 2.25. The lowest BCUT2D eigenvalue weighted by Gasteiger charge is -2.05. The Morgan fingerprint density at radius 3 is 2.37 bits per heavy atom. The summed E-state index contributed by atoms with van der Waals surface area (Å²) >= 11 is 0. The number of hydrogen-bond acceptors (Lipinski definition) is 4. The summed E-state index contributed by atoms with van der Waals surface area (Å²) in [4.78, 5) is 4.15. The maximum absolute atomic E-state index is 8.71. The highest BCUT2D eigenvalue weighted by atomic mass is 16.5. The maximum atomic E-state index is 8.71. The van der Waals surface area contributed by atoms with E-state index in [4.69, 9.17) is 10.00 Å². The normalized spacial score (nSPS) is 9.89. The van der Waals surface area contributed by atoms with E-state index < -0.39 is 0 Å². The first-order chi connectivity index (χ1) is 9.31. The van der Waals surface area contributed by atoms with Crippen molar-refractivity contribution in [2.45, 2.75) is 13.1 Å². The zero-order chi connectivity index (χ0) is 13.5. The van der Waals surface area contributed by atoms with E-state index in [0.29, 0.717) is 11.4 Å². The van der Waals surface area contributed by atoms with Crippen molar-refractivity contribution in [3.05, 3.63) is 59.3 Å². The zero-order valence-corrected chi connectivity index (χ0v) is 10.8. The Morgan fingerprint density at radius 1 is 1.11 bits per heavy atom. The van der Waals surface area contributed by atoms with Crippen LogP contribution in [0.2, 0.25) is 0 Å². The number of rotatable bonds is 5. The smallest absolute Gasteiger partial charge is 0.212 e. The minimum atomic E-state index is 0.621. The van der Waals surface area contributed by atoms with Crippen LogP contribution in [0.4, 0.5) is 0 Å². The molecule has 0 amide bonds. The van der Waals surface area contributed by atoms with Gasteiger partial charge in [0.1, 0.15) is 0 Å². The third-order valence-electron chi connectivity index (χ3n) is 2.75. The number of aromatic nitrogens is 1. The number of methoxy groups -OCH3 is 1. The summed E-state index contributed by atoms with van der Waals surface area (Å²) in [5.74, 6) is 0.621. The van der Waals surface area contributed by atoms with Crippen molar-refractivity contribution in [1.82, 2.24) is 10.3 Å². The molecule has 4 heteroatoms. The van der Waals surface area contributed by atoms with Gasteiger partial charge in [-0.15, -0.1) is 0 Å². The number of nitriles is 1. The third-order valence-corrected chi connectivity index (χ3v) is 2.75. The Kier molecular flexibility index (Phi) is 4.49. The second kappa shape index (κ2) is 6.53. The van der Waals surface area contributed by atoms with E-state index in [-0.39, 0.29) is 0 Å². The number of nitrogens with zero attached hydrogens (tertiary/aromatic N) is 2. The molecule has 0 aliphatic carbocycles. The van der Waals surface area contributed by atoms with Crippen molar-refractivity contribution in [2.75, 3.05) is 7.11 Å². The van der Waals surface area contributed by atoms with Crippen molar-refractivity contribution >= 4 is 0 Å². The van der Waals surface area contributed by atoms with Gasteiger partial charge in [-0.05, 0) is 23.3 Å². The molecule has 2 rings (SSSR count). The number of pyridine rings is 1. The molecule has 0 radical (unpaired) electrons. The van der Waals surface area contributed by atoms with Crippen LogP contribution in [-0.2, 0) is 13.1 Å². The van der Waals surface area contributed by atoms with Crippen molar-refractivity contribution in [2.24, 2.45) is 0 Å². The monoisotopic (exact) mass is 253 g/mol. The molecule has 2 aromatic rings. The minimum absolute atomic E-state index is 0.621. The summed E-state index contributed by atoms with van der Waals surface area (Å²) in [6.45, 7) is 1.51. The van der Waals surface area contributed by atoms with Crippen LogP contribution in [0.25, 0.3) is 0 Å². The van der Waals surface area contributed by atoms with Crippen LogP contribution < -0.4 is 10.1 Å². The second-order valence-electron chi connectivity index (χ2n) is 4.12. The largest absolute Gasteiger partial charge is 0.481 e. The molecule has 96 valence electrons. The van der Waals surface area contributed by atoms with Crippen LogP contribution in [0.5, 0.6) is 5.88 Å². The molecule has 1 N–H and O–H groups in total. The molecule has 1 heterocycles. The number of nitrogens with one attached hydrogen (secondary N) is 1. The molecule has 1 aromatic heterocycles. The molecule has 0 unspecified atom stereocenters. The van der Waals surface area contributed by atoms with Gasteiger partial charge in [0.05, 0.1) is 18.7 Å². The zero-order valence-electron chi connectivity index (χ0n) is 10.8. The van der Waals surface area contributed by atoms with Crippen LogP contribution in [0, 0.1) is 11.3 Å². The Morgan fingerprint density at radius 2 is 1.79 bits per heavy atom. The van der Waals surface area contributed by atoms with Crippen molar-refractivity contribution in [1.29, 1.82) is 5.26 Å². The average Bonchev–Trinajstić information content (AvgIpc) is 2.49. The molecule has 0 saturated carbocycles. The molecule has 1 aromatic carbocycles. The molecule has 0 aliphatic rings. The lowest BCUT2D eigenvalue weighted by Crippen LogP contribution is -2.12. The van der Waals surface area contributed by atoms with E-state index >= 15 is 0 Å². The van der Waals surface area contributed by atoms with Crippen LogP contribution in [-0.4, -0.2) is 12.1 Å². The first-order valence-electron chi connectivity index (χ1n) is 6.00. The van der Waals surface area contributed by atoms with E-state index in [1.807, 2.05) is 36.4 Å².